The van der Waals surface area contributed by atoms with Gasteiger partial charge in [0.05, 0.1) is 12.2 Å². The Kier molecular flexibility index (Phi) is 4.14. The van der Waals surface area contributed by atoms with Crippen molar-refractivity contribution in [2.75, 3.05) is 19.7 Å². The maximum absolute atomic E-state index is 14.9. The molecule has 3 N–H and O–H groups in total. The van der Waals surface area contributed by atoms with Crippen LogP contribution in [0.2, 0.25) is 0 Å². The van der Waals surface area contributed by atoms with Gasteiger partial charge < -0.3 is 15.4 Å². The van der Waals surface area contributed by atoms with Gasteiger partial charge in [-0.3, -0.25) is 19.7 Å². The fraction of sp³-hybridized carbons (Fsp3) is 0.500. The molecule has 2 saturated heterocycles. The van der Waals surface area contributed by atoms with Gasteiger partial charge in [0, 0.05) is 17.4 Å². The molecular formula is C18H20FN3O4. The second-order valence-corrected chi connectivity index (χ2v) is 7.10. The first kappa shape index (κ1) is 17.0. The number of hydrogen-bond acceptors (Lipinski definition) is 5. The number of hydrogen-bond donors (Lipinski definition) is 3. The summed E-state index contributed by atoms with van der Waals surface area (Å²) in [6.45, 7) is 2.11. The van der Waals surface area contributed by atoms with E-state index in [4.69, 9.17) is 4.74 Å². The number of nitrogens with one attached hydrogen (secondary N) is 3. The normalized spacial score (nSPS) is 24.0. The van der Waals surface area contributed by atoms with E-state index in [1.807, 2.05) is 0 Å². The highest BCUT2D eigenvalue weighted by Gasteiger charge is 2.43. The van der Waals surface area contributed by atoms with Crippen LogP contribution in [0.4, 0.5) is 4.39 Å². The molecule has 8 heteroatoms. The monoisotopic (exact) mass is 361 g/mol. The summed E-state index contributed by atoms with van der Waals surface area (Å²) in [6, 6.07) is 2.37. The Morgan fingerprint density at radius 1 is 1.27 bits per heavy atom. The number of carbonyl (C=O) groups is 3. The lowest BCUT2D eigenvalue weighted by Gasteiger charge is -2.32. The highest BCUT2D eigenvalue weighted by molar-refractivity contribution is 6.04. The van der Waals surface area contributed by atoms with Crippen molar-refractivity contribution in [3.8, 4) is 5.75 Å². The van der Waals surface area contributed by atoms with Crippen molar-refractivity contribution in [3.63, 3.8) is 0 Å². The Hall–Kier alpha value is -2.48. The molecule has 1 atom stereocenters. The zero-order chi connectivity index (χ0) is 18.3. The minimum atomic E-state index is -0.843. The summed E-state index contributed by atoms with van der Waals surface area (Å²) < 4.78 is 20.6. The summed E-state index contributed by atoms with van der Waals surface area (Å²) in [5.41, 5.74) is 0.466. The molecule has 1 aromatic rings. The first-order valence-corrected chi connectivity index (χ1v) is 8.81. The van der Waals surface area contributed by atoms with Crippen molar-refractivity contribution >= 4 is 17.7 Å². The summed E-state index contributed by atoms with van der Waals surface area (Å²) in [7, 11) is 0. The van der Waals surface area contributed by atoms with Gasteiger partial charge in [-0.2, -0.15) is 0 Å². The molecule has 3 heterocycles. The number of fused-ring (bicyclic) bond motifs is 2. The van der Waals surface area contributed by atoms with E-state index in [9.17, 15) is 18.8 Å². The van der Waals surface area contributed by atoms with Crippen LogP contribution in [0.1, 0.15) is 41.6 Å². The highest BCUT2D eigenvalue weighted by atomic mass is 19.1. The van der Waals surface area contributed by atoms with E-state index >= 15 is 0 Å². The molecule has 1 aromatic carbocycles. The lowest BCUT2D eigenvalue weighted by atomic mass is 9.74. The molecule has 7 nitrogen and oxygen atoms in total. The van der Waals surface area contributed by atoms with Gasteiger partial charge in [0.1, 0.15) is 6.04 Å². The minimum Gasteiger partial charge on any atom is -0.489 e. The van der Waals surface area contributed by atoms with E-state index in [2.05, 4.69) is 16.0 Å². The van der Waals surface area contributed by atoms with Crippen LogP contribution < -0.4 is 20.7 Å². The second kappa shape index (κ2) is 6.35. The Morgan fingerprint density at radius 2 is 2.04 bits per heavy atom. The largest absolute Gasteiger partial charge is 0.489 e. The van der Waals surface area contributed by atoms with Crippen molar-refractivity contribution in [1.82, 2.24) is 16.0 Å². The van der Waals surface area contributed by atoms with Crippen molar-refractivity contribution in [2.45, 2.75) is 37.1 Å². The fourth-order valence-corrected chi connectivity index (χ4v) is 3.96. The van der Waals surface area contributed by atoms with E-state index in [0.29, 0.717) is 6.61 Å². The van der Waals surface area contributed by atoms with Crippen LogP contribution in [0, 0.1) is 5.82 Å². The number of rotatable bonds is 2. The van der Waals surface area contributed by atoms with Crippen molar-refractivity contribution in [2.24, 2.45) is 0 Å². The molecule has 3 aliphatic heterocycles. The van der Waals surface area contributed by atoms with Gasteiger partial charge in [0.25, 0.3) is 5.91 Å². The van der Waals surface area contributed by atoms with Crippen molar-refractivity contribution in [3.05, 3.63) is 29.1 Å². The number of halogens is 1. The van der Waals surface area contributed by atoms with Crippen LogP contribution in [0.15, 0.2) is 12.1 Å². The Bertz CT molecular complexity index is 789. The molecule has 0 aliphatic carbocycles. The topological polar surface area (TPSA) is 96.5 Å². The van der Waals surface area contributed by atoms with Crippen LogP contribution >= 0.6 is 0 Å². The molecule has 0 bridgehead atoms. The van der Waals surface area contributed by atoms with E-state index < -0.39 is 23.7 Å². The number of piperidine rings is 2. The van der Waals surface area contributed by atoms with Crippen LogP contribution in [0.25, 0.3) is 0 Å². The first-order valence-electron chi connectivity index (χ1n) is 8.81. The van der Waals surface area contributed by atoms with Crippen molar-refractivity contribution < 1.29 is 23.5 Å². The predicted molar refractivity (Wildman–Crippen MR) is 89.3 cm³/mol. The molecule has 0 unspecified atom stereocenters. The zero-order valence-electron chi connectivity index (χ0n) is 14.2. The molecule has 3 aliphatic rings. The van der Waals surface area contributed by atoms with Gasteiger partial charge in [-0.25, -0.2) is 4.39 Å². The highest BCUT2D eigenvalue weighted by Crippen LogP contribution is 2.46. The third-order valence-electron chi connectivity index (χ3n) is 5.51. The molecular weight excluding hydrogens is 341 g/mol. The third kappa shape index (κ3) is 2.74. The van der Waals surface area contributed by atoms with Gasteiger partial charge in [-0.1, -0.05) is 6.07 Å². The van der Waals surface area contributed by atoms with Gasteiger partial charge in [0.15, 0.2) is 11.6 Å². The number of carbonyl (C=O) groups excluding carboxylic acids is 3. The SMILES string of the molecule is O=C1CC[C@H](NC(=O)c2ccc3c(c2F)OCC32CCNCC2)C(=O)N1. The van der Waals surface area contributed by atoms with E-state index in [0.717, 1.165) is 31.5 Å². The number of amides is 3. The van der Waals surface area contributed by atoms with E-state index in [1.165, 1.54) is 6.07 Å². The molecule has 0 radical (unpaired) electrons. The maximum atomic E-state index is 14.9. The molecule has 4 rings (SSSR count). The number of imide groups is 1. The molecule has 3 amide bonds. The molecule has 1 spiro atoms. The first-order chi connectivity index (χ1) is 12.5. The average molecular weight is 361 g/mol. The predicted octanol–water partition coefficient (Wildman–Crippen LogP) is 0.374. The van der Waals surface area contributed by atoms with E-state index in [1.54, 1.807) is 6.07 Å². The van der Waals surface area contributed by atoms with Crippen LogP contribution in [-0.2, 0) is 15.0 Å². The van der Waals surface area contributed by atoms with Crippen LogP contribution in [0.3, 0.4) is 0 Å². The standard InChI is InChI=1S/C18H20FN3O4/c19-14-10(16(24)21-12-3-4-13(23)22-17(12)25)1-2-11-15(14)26-9-18(11)5-7-20-8-6-18/h1-2,12,20H,3-9H2,(H,21,24)(H,22,23,25)/t12-/m0/s1. The molecule has 2 fully saturated rings. The minimum absolute atomic E-state index is 0.142. The van der Waals surface area contributed by atoms with Crippen LogP contribution in [-0.4, -0.2) is 43.5 Å². The summed E-state index contributed by atoms with van der Waals surface area (Å²) in [5.74, 6) is -2.17. The smallest absolute Gasteiger partial charge is 0.255 e. The lowest BCUT2D eigenvalue weighted by Crippen LogP contribution is -2.52. The average Bonchev–Trinajstić information content (AvgIpc) is 2.97. The Morgan fingerprint density at radius 3 is 2.77 bits per heavy atom. The van der Waals surface area contributed by atoms with Crippen LogP contribution in [0.5, 0.6) is 5.75 Å². The Balaban J connectivity index is 1.56. The zero-order valence-corrected chi connectivity index (χ0v) is 14.2. The van der Waals surface area contributed by atoms with Gasteiger partial charge >= 0.3 is 0 Å². The summed E-state index contributed by atoms with van der Waals surface area (Å²) in [5, 5.41) is 7.95. The van der Waals surface area contributed by atoms with Gasteiger partial charge in [-0.15, -0.1) is 0 Å². The summed E-state index contributed by atoms with van der Waals surface area (Å²) in [6.07, 6.45) is 2.07. The quantitative estimate of drug-likeness (QED) is 0.662. The third-order valence-corrected chi connectivity index (χ3v) is 5.51. The van der Waals surface area contributed by atoms with Gasteiger partial charge in [0.2, 0.25) is 11.8 Å². The number of benzene rings is 1. The number of ether oxygens (including phenoxy) is 1. The Labute approximate surface area is 149 Å². The molecule has 26 heavy (non-hydrogen) atoms. The molecule has 138 valence electrons. The fourth-order valence-electron chi connectivity index (χ4n) is 3.96. The second-order valence-electron chi connectivity index (χ2n) is 7.10. The summed E-state index contributed by atoms with van der Waals surface area (Å²) in [4.78, 5) is 35.4. The molecule has 0 saturated carbocycles. The van der Waals surface area contributed by atoms with Crippen molar-refractivity contribution in [1.29, 1.82) is 0 Å². The summed E-state index contributed by atoms with van der Waals surface area (Å²) >= 11 is 0. The maximum Gasteiger partial charge on any atom is 0.255 e. The molecule has 0 aromatic heterocycles. The lowest BCUT2D eigenvalue weighted by molar-refractivity contribution is -0.134. The van der Waals surface area contributed by atoms with E-state index in [-0.39, 0.29) is 35.5 Å². The van der Waals surface area contributed by atoms with Gasteiger partial charge in [-0.05, 0) is 38.4 Å².